The predicted octanol–water partition coefficient (Wildman–Crippen LogP) is 3.11. The normalized spacial score (nSPS) is 22.0. The van der Waals surface area contributed by atoms with E-state index in [4.69, 9.17) is 0 Å². The van der Waals surface area contributed by atoms with Crippen LogP contribution in [0.1, 0.15) is 48.4 Å². The van der Waals surface area contributed by atoms with E-state index in [2.05, 4.69) is 36.2 Å². The average molecular weight is 292 g/mol. The first kappa shape index (κ1) is 14.1. The highest BCUT2D eigenvalue weighted by molar-refractivity contribution is 7.12. The van der Waals surface area contributed by atoms with Gasteiger partial charge in [0.1, 0.15) is 0 Å². The molecule has 110 valence electrons. The topological polar surface area (TPSA) is 32.3 Å². The third kappa shape index (κ3) is 3.23. The molecule has 1 N–H and O–H groups in total. The van der Waals surface area contributed by atoms with Gasteiger partial charge in [-0.15, -0.1) is 11.3 Å². The number of piperidine rings is 1. The molecule has 1 aromatic rings. The van der Waals surface area contributed by atoms with Gasteiger partial charge in [-0.05, 0) is 51.7 Å². The van der Waals surface area contributed by atoms with Crippen molar-refractivity contribution in [2.45, 2.75) is 51.6 Å². The Kier molecular flexibility index (Phi) is 4.13. The largest absolute Gasteiger partial charge is 0.342 e. The lowest BCUT2D eigenvalue weighted by molar-refractivity contribution is -0.133. The Hall–Kier alpha value is -0.870. The van der Waals surface area contributed by atoms with E-state index in [1.54, 1.807) is 0 Å². The second kappa shape index (κ2) is 5.86. The van der Waals surface area contributed by atoms with Gasteiger partial charge in [0.25, 0.3) is 0 Å². The smallest absolute Gasteiger partial charge is 0.225 e. The van der Waals surface area contributed by atoms with E-state index in [0.717, 1.165) is 38.8 Å². The van der Waals surface area contributed by atoms with Gasteiger partial charge in [-0.1, -0.05) is 0 Å². The third-order valence-electron chi connectivity index (χ3n) is 4.41. The summed E-state index contributed by atoms with van der Waals surface area (Å²) in [6.07, 6.45) is 4.41. The number of rotatable bonds is 4. The van der Waals surface area contributed by atoms with Gasteiger partial charge in [0.15, 0.2) is 0 Å². The molecular formula is C16H24N2OS. The van der Waals surface area contributed by atoms with Crippen molar-refractivity contribution in [1.29, 1.82) is 0 Å². The highest BCUT2D eigenvalue weighted by Crippen LogP contribution is 2.32. The van der Waals surface area contributed by atoms with Crippen molar-refractivity contribution in [3.8, 4) is 0 Å². The Morgan fingerprint density at radius 2 is 2.00 bits per heavy atom. The molecule has 1 aromatic heterocycles. The summed E-state index contributed by atoms with van der Waals surface area (Å²) < 4.78 is 0. The van der Waals surface area contributed by atoms with Gasteiger partial charge >= 0.3 is 0 Å². The van der Waals surface area contributed by atoms with E-state index in [1.807, 2.05) is 11.3 Å². The van der Waals surface area contributed by atoms with E-state index in [9.17, 15) is 4.79 Å². The Balaban J connectivity index is 1.47. The lowest BCUT2D eigenvalue weighted by Crippen LogP contribution is -2.45. The third-order valence-corrected chi connectivity index (χ3v) is 5.59. The summed E-state index contributed by atoms with van der Waals surface area (Å²) >= 11 is 1.88. The fourth-order valence-electron chi connectivity index (χ4n) is 2.98. The average Bonchev–Trinajstić information content (AvgIpc) is 3.20. The zero-order valence-electron chi connectivity index (χ0n) is 12.4. The van der Waals surface area contributed by atoms with Crippen LogP contribution < -0.4 is 5.32 Å². The van der Waals surface area contributed by atoms with Crippen LogP contribution in [0.25, 0.3) is 0 Å². The molecule has 1 aliphatic heterocycles. The van der Waals surface area contributed by atoms with Crippen molar-refractivity contribution in [3.05, 3.63) is 21.9 Å². The number of nitrogens with one attached hydrogen (secondary N) is 1. The summed E-state index contributed by atoms with van der Waals surface area (Å²) in [7, 11) is 0. The molecule has 2 aliphatic rings. The molecule has 4 heteroatoms. The number of carbonyl (C=O) groups is 1. The molecule has 0 radical (unpaired) electrons. The van der Waals surface area contributed by atoms with Gasteiger partial charge in [-0.2, -0.15) is 0 Å². The molecule has 2 fully saturated rings. The van der Waals surface area contributed by atoms with Crippen LogP contribution in [-0.4, -0.2) is 29.9 Å². The van der Waals surface area contributed by atoms with Gasteiger partial charge in [-0.25, -0.2) is 0 Å². The van der Waals surface area contributed by atoms with Gasteiger partial charge in [-0.3, -0.25) is 4.79 Å². The number of carbonyl (C=O) groups excluding carboxylic acids is 1. The van der Waals surface area contributed by atoms with Crippen LogP contribution in [-0.2, 0) is 4.79 Å². The number of nitrogens with zero attached hydrogens (tertiary/aromatic N) is 1. The van der Waals surface area contributed by atoms with Gasteiger partial charge < -0.3 is 10.2 Å². The molecule has 1 amide bonds. The first-order chi connectivity index (χ1) is 9.63. The van der Waals surface area contributed by atoms with E-state index >= 15 is 0 Å². The molecule has 1 atom stereocenters. The molecule has 20 heavy (non-hydrogen) atoms. The van der Waals surface area contributed by atoms with Crippen LogP contribution in [0.5, 0.6) is 0 Å². The fraction of sp³-hybridized carbons (Fsp3) is 0.688. The van der Waals surface area contributed by atoms with Crippen LogP contribution in [0.2, 0.25) is 0 Å². The fourth-order valence-corrected chi connectivity index (χ4v) is 3.87. The van der Waals surface area contributed by atoms with Crippen molar-refractivity contribution in [3.63, 3.8) is 0 Å². The minimum absolute atomic E-state index is 0.368. The molecule has 3 rings (SSSR count). The zero-order valence-corrected chi connectivity index (χ0v) is 13.2. The quantitative estimate of drug-likeness (QED) is 0.925. The number of likely N-dealkylation sites (tertiary alicyclic amines) is 1. The predicted molar refractivity (Wildman–Crippen MR) is 82.9 cm³/mol. The van der Waals surface area contributed by atoms with Crippen LogP contribution in [0, 0.1) is 12.8 Å². The molecule has 0 spiro atoms. The second-order valence-corrected chi connectivity index (χ2v) is 7.53. The van der Waals surface area contributed by atoms with Crippen LogP contribution >= 0.6 is 11.3 Å². The summed E-state index contributed by atoms with van der Waals surface area (Å²) in [5, 5.41) is 3.73. The van der Waals surface area contributed by atoms with E-state index in [-0.39, 0.29) is 0 Å². The minimum Gasteiger partial charge on any atom is -0.342 e. The second-order valence-electron chi connectivity index (χ2n) is 6.21. The summed E-state index contributed by atoms with van der Waals surface area (Å²) in [6, 6.07) is 5.39. The first-order valence-electron chi connectivity index (χ1n) is 7.74. The van der Waals surface area contributed by atoms with Gasteiger partial charge in [0.05, 0.1) is 0 Å². The van der Waals surface area contributed by atoms with E-state index in [0.29, 0.717) is 23.9 Å². The van der Waals surface area contributed by atoms with Crippen molar-refractivity contribution in [2.24, 2.45) is 5.92 Å². The molecule has 0 bridgehead atoms. The maximum absolute atomic E-state index is 12.0. The van der Waals surface area contributed by atoms with Crippen LogP contribution in [0.15, 0.2) is 12.1 Å². The molecular weight excluding hydrogens is 268 g/mol. The highest BCUT2D eigenvalue weighted by Gasteiger charge is 2.35. The SMILES string of the molecule is Cc1ccc(C(C)NC2CCN(C(=O)C3CC3)CC2)s1. The van der Waals surface area contributed by atoms with E-state index < -0.39 is 0 Å². The number of amides is 1. The zero-order chi connectivity index (χ0) is 14.1. The molecule has 1 unspecified atom stereocenters. The number of thiophene rings is 1. The lowest BCUT2D eigenvalue weighted by Gasteiger charge is -2.34. The Bertz CT molecular complexity index is 473. The van der Waals surface area contributed by atoms with E-state index in [1.165, 1.54) is 9.75 Å². The van der Waals surface area contributed by atoms with Crippen molar-refractivity contribution in [1.82, 2.24) is 10.2 Å². The molecule has 1 saturated heterocycles. The number of hydrogen-bond acceptors (Lipinski definition) is 3. The van der Waals surface area contributed by atoms with Crippen LogP contribution in [0.3, 0.4) is 0 Å². The summed E-state index contributed by atoms with van der Waals surface area (Å²) in [5.41, 5.74) is 0. The summed E-state index contributed by atoms with van der Waals surface area (Å²) in [5.74, 6) is 0.776. The monoisotopic (exact) mass is 292 g/mol. The molecule has 2 heterocycles. The molecule has 0 aromatic carbocycles. The Labute approximate surface area is 125 Å². The Morgan fingerprint density at radius 3 is 2.55 bits per heavy atom. The molecule has 1 saturated carbocycles. The lowest BCUT2D eigenvalue weighted by atomic mass is 10.0. The van der Waals surface area contributed by atoms with Crippen molar-refractivity contribution in [2.75, 3.05) is 13.1 Å². The van der Waals surface area contributed by atoms with Gasteiger partial charge in [0, 0.05) is 40.8 Å². The number of hydrogen-bond donors (Lipinski definition) is 1. The van der Waals surface area contributed by atoms with Crippen molar-refractivity contribution >= 4 is 17.2 Å². The minimum atomic E-state index is 0.368. The standard InChI is InChI=1S/C16H24N2OS/c1-11-3-6-15(20-11)12(2)17-14-7-9-18(10-8-14)16(19)13-4-5-13/h3,6,12-14,17H,4-5,7-10H2,1-2H3. The van der Waals surface area contributed by atoms with Gasteiger partial charge in [0.2, 0.25) is 5.91 Å². The molecule has 1 aliphatic carbocycles. The maximum Gasteiger partial charge on any atom is 0.225 e. The summed E-state index contributed by atoms with van der Waals surface area (Å²) in [4.78, 5) is 16.9. The highest BCUT2D eigenvalue weighted by atomic mass is 32.1. The molecule has 3 nitrogen and oxygen atoms in total. The van der Waals surface area contributed by atoms with Crippen molar-refractivity contribution < 1.29 is 4.79 Å². The van der Waals surface area contributed by atoms with Crippen LogP contribution in [0.4, 0.5) is 0 Å². The number of aryl methyl sites for hydroxylation is 1. The first-order valence-corrected chi connectivity index (χ1v) is 8.56. The maximum atomic E-state index is 12.0. The summed E-state index contributed by atoms with van der Waals surface area (Å²) in [6.45, 7) is 6.27. The Morgan fingerprint density at radius 1 is 1.30 bits per heavy atom.